The molecule has 2 aliphatic carbocycles. The molecule has 1 aromatic carbocycles. The van der Waals surface area contributed by atoms with Gasteiger partial charge in [-0.2, -0.15) is 0 Å². The minimum absolute atomic E-state index is 0.430. The van der Waals surface area contributed by atoms with E-state index in [1.165, 1.54) is 31.3 Å². The zero-order chi connectivity index (χ0) is 14.8. The molecule has 3 rings (SSSR count). The molecule has 1 saturated carbocycles. The molecule has 21 heavy (non-hydrogen) atoms. The fourth-order valence-corrected chi connectivity index (χ4v) is 3.65. The summed E-state index contributed by atoms with van der Waals surface area (Å²) in [5, 5.41) is 12.8. The van der Waals surface area contributed by atoms with Crippen LogP contribution in [-0.2, 0) is 0 Å². The minimum atomic E-state index is -0.430. The van der Waals surface area contributed by atoms with Crippen molar-refractivity contribution in [3.05, 3.63) is 41.0 Å². The predicted molar refractivity (Wildman–Crippen MR) is 82.3 cm³/mol. The number of carbonyl (C=O) groups is 1. The summed E-state index contributed by atoms with van der Waals surface area (Å²) in [6.45, 7) is 0. The second kappa shape index (κ2) is 5.72. The van der Waals surface area contributed by atoms with Crippen molar-refractivity contribution in [1.29, 1.82) is 0 Å². The number of rotatable bonds is 3. The minimum Gasteiger partial charge on any atom is -0.411 e. The van der Waals surface area contributed by atoms with E-state index < -0.39 is 5.91 Å². The number of nitrogens with two attached hydrogens (primary N) is 1. The van der Waals surface area contributed by atoms with E-state index in [-0.39, 0.29) is 0 Å². The van der Waals surface area contributed by atoms with E-state index in [0.29, 0.717) is 11.5 Å². The molecule has 0 heterocycles. The van der Waals surface area contributed by atoms with Gasteiger partial charge in [-0.15, -0.1) is 0 Å². The lowest BCUT2D eigenvalue weighted by Gasteiger charge is -2.14. The van der Waals surface area contributed by atoms with Gasteiger partial charge in [-0.1, -0.05) is 35.7 Å². The Bertz CT molecular complexity index is 625. The first-order valence-corrected chi connectivity index (χ1v) is 7.55. The Morgan fingerprint density at radius 2 is 2.00 bits per heavy atom. The molecule has 0 saturated heterocycles. The summed E-state index contributed by atoms with van der Waals surface area (Å²) in [6.07, 6.45) is 6.71. The SMILES string of the molecule is NC(=O)c1cccc(C2=C(C3CCCC3)CC/C2=N\O)c1. The van der Waals surface area contributed by atoms with E-state index in [0.717, 1.165) is 29.7 Å². The highest BCUT2D eigenvalue weighted by atomic mass is 16.4. The Kier molecular flexibility index (Phi) is 3.78. The molecule has 4 nitrogen and oxygen atoms in total. The number of hydrogen-bond donors (Lipinski definition) is 2. The van der Waals surface area contributed by atoms with Crippen LogP contribution in [0.1, 0.15) is 54.4 Å². The summed E-state index contributed by atoms with van der Waals surface area (Å²) in [5.74, 6) is 0.164. The Morgan fingerprint density at radius 3 is 2.67 bits per heavy atom. The van der Waals surface area contributed by atoms with E-state index >= 15 is 0 Å². The summed E-state index contributed by atoms with van der Waals surface area (Å²) >= 11 is 0. The molecule has 0 bridgehead atoms. The fraction of sp³-hybridized carbons (Fsp3) is 0.412. The first kappa shape index (κ1) is 13.9. The van der Waals surface area contributed by atoms with Crippen molar-refractivity contribution in [3.8, 4) is 0 Å². The number of amides is 1. The van der Waals surface area contributed by atoms with Crippen molar-refractivity contribution in [2.75, 3.05) is 0 Å². The molecule has 0 spiro atoms. The maximum atomic E-state index is 11.4. The van der Waals surface area contributed by atoms with Crippen LogP contribution in [0.25, 0.3) is 5.57 Å². The van der Waals surface area contributed by atoms with E-state index in [1.54, 1.807) is 6.07 Å². The number of carbonyl (C=O) groups excluding carboxylic acids is 1. The maximum Gasteiger partial charge on any atom is 0.248 e. The molecule has 1 fully saturated rings. The normalized spacial score (nSPS) is 21.4. The lowest BCUT2D eigenvalue weighted by molar-refractivity contribution is 0.100. The van der Waals surface area contributed by atoms with Gasteiger partial charge in [0, 0.05) is 11.1 Å². The second-order valence-corrected chi connectivity index (χ2v) is 5.87. The molecule has 3 N–H and O–H groups in total. The van der Waals surface area contributed by atoms with Crippen LogP contribution >= 0.6 is 0 Å². The topological polar surface area (TPSA) is 75.7 Å². The van der Waals surface area contributed by atoms with Gasteiger partial charge in [-0.25, -0.2) is 0 Å². The lowest BCUT2D eigenvalue weighted by Crippen LogP contribution is -2.11. The molecular formula is C17H20N2O2. The predicted octanol–water partition coefficient (Wildman–Crippen LogP) is 3.35. The molecule has 2 aliphatic rings. The molecule has 1 amide bonds. The van der Waals surface area contributed by atoms with E-state index in [4.69, 9.17) is 5.73 Å². The van der Waals surface area contributed by atoms with Crippen molar-refractivity contribution >= 4 is 17.2 Å². The Labute approximate surface area is 124 Å². The first-order chi connectivity index (χ1) is 10.2. The molecule has 0 unspecified atom stereocenters. The van der Waals surface area contributed by atoms with Gasteiger partial charge in [-0.05, 0) is 49.3 Å². The van der Waals surface area contributed by atoms with Gasteiger partial charge in [0.2, 0.25) is 5.91 Å². The van der Waals surface area contributed by atoms with Crippen LogP contribution in [0.3, 0.4) is 0 Å². The monoisotopic (exact) mass is 284 g/mol. The number of allylic oxidation sites excluding steroid dienone is 2. The van der Waals surface area contributed by atoms with Crippen LogP contribution in [-0.4, -0.2) is 16.8 Å². The third-order valence-corrected chi connectivity index (χ3v) is 4.65. The number of nitrogens with zero attached hydrogens (tertiary/aromatic N) is 1. The van der Waals surface area contributed by atoms with E-state index in [1.807, 2.05) is 18.2 Å². The van der Waals surface area contributed by atoms with Crippen molar-refractivity contribution in [3.63, 3.8) is 0 Å². The largest absolute Gasteiger partial charge is 0.411 e. The molecule has 1 aromatic rings. The summed E-state index contributed by atoms with van der Waals surface area (Å²) < 4.78 is 0. The standard InChI is InChI=1S/C17H20N2O2/c18-17(20)13-7-3-6-12(10-13)16-14(8-9-15(16)19-21)11-4-1-2-5-11/h3,6-7,10-11,21H,1-2,4-5,8-9H2,(H2,18,20)/b19-15+. The van der Waals surface area contributed by atoms with Gasteiger partial charge in [-0.3, -0.25) is 4.79 Å². The number of benzene rings is 1. The first-order valence-electron chi connectivity index (χ1n) is 7.55. The highest BCUT2D eigenvalue weighted by Gasteiger charge is 2.30. The summed E-state index contributed by atoms with van der Waals surface area (Å²) in [6, 6.07) is 7.32. The molecule has 0 aliphatic heterocycles. The smallest absolute Gasteiger partial charge is 0.248 e. The van der Waals surface area contributed by atoms with Crippen molar-refractivity contribution < 1.29 is 10.0 Å². The Morgan fingerprint density at radius 1 is 1.24 bits per heavy atom. The van der Waals surface area contributed by atoms with Crippen LogP contribution in [0.2, 0.25) is 0 Å². The zero-order valence-corrected chi connectivity index (χ0v) is 12.0. The lowest BCUT2D eigenvalue weighted by atomic mass is 9.90. The Balaban J connectivity index is 2.08. The number of primary amides is 1. The molecule has 4 heteroatoms. The van der Waals surface area contributed by atoms with Crippen molar-refractivity contribution in [2.24, 2.45) is 16.8 Å². The van der Waals surface area contributed by atoms with Gasteiger partial charge >= 0.3 is 0 Å². The fourth-order valence-electron chi connectivity index (χ4n) is 3.65. The van der Waals surface area contributed by atoms with Crippen molar-refractivity contribution in [2.45, 2.75) is 38.5 Å². The highest BCUT2D eigenvalue weighted by molar-refractivity contribution is 6.26. The van der Waals surface area contributed by atoms with Crippen LogP contribution in [0.4, 0.5) is 0 Å². The van der Waals surface area contributed by atoms with Gasteiger partial charge in [0.1, 0.15) is 0 Å². The van der Waals surface area contributed by atoms with Crippen molar-refractivity contribution in [1.82, 2.24) is 0 Å². The molecule has 0 aromatic heterocycles. The number of oxime groups is 1. The molecule has 0 atom stereocenters. The Hall–Kier alpha value is -2.10. The van der Waals surface area contributed by atoms with Gasteiger partial charge in [0.05, 0.1) is 5.71 Å². The van der Waals surface area contributed by atoms with Crippen LogP contribution < -0.4 is 5.73 Å². The van der Waals surface area contributed by atoms with Crippen LogP contribution in [0.15, 0.2) is 35.0 Å². The summed E-state index contributed by atoms with van der Waals surface area (Å²) in [7, 11) is 0. The third-order valence-electron chi connectivity index (χ3n) is 4.65. The summed E-state index contributed by atoms with van der Waals surface area (Å²) in [4.78, 5) is 11.4. The maximum absolute atomic E-state index is 11.4. The van der Waals surface area contributed by atoms with E-state index in [9.17, 15) is 10.0 Å². The summed E-state index contributed by atoms with van der Waals surface area (Å²) in [5.41, 5.74) is 9.97. The van der Waals surface area contributed by atoms with Gasteiger partial charge in [0.25, 0.3) is 0 Å². The quantitative estimate of drug-likeness (QED) is 0.659. The molecular weight excluding hydrogens is 264 g/mol. The zero-order valence-electron chi connectivity index (χ0n) is 12.0. The molecule has 0 radical (unpaired) electrons. The highest BCUT2D eigenvalue weighted by Crippen LogP contribution is 2.42. The molecule has 110 valence electrons. The number of hydrogen-bond acceptors (Lipinski definition) is 3. The van der Waals surface area contributed by atoms with E-state index in [2.05, 4.69) is 5.16 Å². The average Bonchev–Trinajstić information content (AvgIpc) is 3.15. The average molecular weight is 284 g/mol. The van der Waals surface area contributed by atoms with Gasteiger partial charge < -0.3 is 10.9 Å². The van der Waals surface area contributed by atoms with Gasteiger partial charge in [0.15, 0.2) is 0 Å². The second-order valence-electron chi connectivity index (χ2n) is 5.87. The third kappa shape index (κ3) is 2.58. The van der Waals surface area contributed by atoms with Crippen LogP contribution in [0, 0.1) is 5.92 Å². The van der Waals surface area contributed by atoms with Crippen LogP contribution in [0.5, 0.6) is 0 Å².